The first-order valence-corrected chi connectivity index (χ1v) is 8.44. The van der Waals surface area contributed by atoms with Crippen molar-refractivity contribution in [2.45, 2.75) is 19.9 Å². The first-order valence-electron chi connectivity index (χ1n) is 7.56. The minimum Gasteiger partial charge on any atom is -0.483 e. The average Bonchev–Trinajstić information content (AvgIpc) is 3.08. The molecule has 124 valence electrons. The molecule has 0 saturated carbocycles. The van der Waals surface area contributed by atoms with E-state index in [1.807, 2.05) is 24.4 Å². The second kappa shape index (κ2) is 6.97. The number of amides is 1. The first-order chi connectivity index (χ1) is 11.5. The molecular formula is C18H17FN2O2S. The largest absolute Gasteiger partial charge is 0.483 e. The molecule has 0 bridgehead atoms. The second-order valence-electron chi connectivity index (χ2n) is 5.49. The fourth-order valence-electron chi connectivity index (χ4n) is 2.46. The summed E-state index contributed by atoms with van der Waals surface area (Å²) in [5, 5.41) is 5.41. The number of carbonyl (C=O) groups excluding carboxylic acids is 1. The number of hydrogen-bond acceptors (Lipinski definition) is 4. The quantitative estimate of drug-likeness (QED) is 0.761. The van der Waals surface area contributed by atoms with Crippen LogP contribution in [0.5, 0.6) is 5.75 Å². The number of carbonyl (C=O) groups is 1. The zero-order valence-electron chi connectivity index (χ0n) is 13.4. The SMILES string of the molecule is Cc1cc(OCC(=O)NC(C)c2cccs2)c2cccc(F)c2n1. The molecule has 0 aliphatic heterocycles. The van der Waals surface area contributed by atoms with Crippen LogP contribution in [0.15, 0.2) is 41.8 Å². The molecule has 24 heavy (non-hydrogen) atoms. The predicted octanol–water partition coefficient (Wildman–Crippen LogP) is 4.00. The van der Waals surface area contributed by atoms with E-state index in [0.717, 1.165) is 4.88 Å². The summed E-state index contributed by atoms with van der Waals surface area (Å²) in [6.45, 7) is 3.55. The molecule has 0 radical (unpaired) electrons. The molecule has 1 N–H and O–H groups in total. The zero-order chi connectivity index (χ0) is 17.1. The van der Waals surface area contributed by atoms with E-state index in [0.29, 0.717) is 16.8 Å². The Morgan fingerprint density at radius 1 is 1.38 bits per heavy atom. The lowest BCUT2D eigenvalue weighted by Gasteiger charge is -2.14. The Balaban J connectivity index is 1.71. The monoisotopic (exact) mass is 344 g/mol. The molecule has 3 rings (SSSR count). The third kappa shape index (κ3) is 3.54. The highest BCUT2D eigenvalue weighted by molar-refractivity contribution is 7.10. The topological polar surface area (TPSA) is 51.2 Å². The Morgan fingerprint density at radius 2 is 2.21 bits per heavy atom. The van der Waals surface area contributed by atoms with E-state index in [-0.39, 0.29) is 24.1 Å². The number of rotatable bonds is 5. The molecule has 1 aromatic carbocycles. The molecule has 1 atom stereocenters. The van der Waals surface area contributed by atoms with Crippen LogP contribution in [0.4, 0.5) is 4.39 Å². The standard InChI is InChI=1S/C18H17FN2O2S/c1-11-9-15(13-5-3-6-14(19)18(13)20-11)23-10-17(22)21-12(2)16-7-4-8-24-16/h3-9,12H,10H2,1-2H3,(H,21,22). The highest BCUT2D eigenvalue weighted by Crippen LogP contribution is 2.27. The van der Waals surface area contributed by atoms with Crippen LogP contribution in [0.2, 0.25) is 0 Å². The number of nitrogens with zero attached hydrogens (tertiary/aromatic N) is 1. The van der Waals surface area contributed by atoms with Gasteiger partial charge in [0.2, 0.25) is 0 Å². The molecule has 1 unspecified atom stereocenters. The van der Waals surface area contributed by atoms with Crippen molar-refractivity contribution in [1.29, 1.82) is 0 Å². The van der Waals surface area contributed by atoms with Crippen LogP contribution >= 0.6 is 11.3 Å². The maximum absolute atomic E-state index is 13.9. The molecule has 6 heteroatoms. The summed E-state index contributed by atoms with van der Waals surface area (Å²) in [5.41, 5.74) is 0.884. The second-order valence-corrected chi connectivity index (χ2v) is 6.47. The number of hydrogen-bond donors (Lipinski definition) is 1. The smallest absolute Gasteiger partial charge is 0.258 e. The lowest BCUT2D eigenvalue weighted by Crippen LogP contribution is -2.30. The minimum atomic E-state index is -0.406. The van der Waals surface area contributed by atoms with Gasteiger partial charge in [0.05, 0.1) is 6.04 Å². The molecule has 0 aliphatic rings. The van der Waals surface area contributed by atoms with Crippen molar-refractivity contribution in [2.75, 3.05) is 6.61 Å². The van der Waals surface area contributed by atoms with Gasteiger partial charge in [-0.25, -0.2) is 9.37 Å². The fourth-order valence-corrected chi connectivity index (χ4v) is 3.19. The van der Waals surface area contributed by atoms with Gasteiger partial charge in [0.1, 0.15) is 17.1 Å². The molecule has 4 nitrogen and oxygen atoms in total. The number of thiophene rings is 1. The number of aryl methyl sites for hydroxylation is 1. The minimum absolute atomic E-state index is 0.0746. The van der Waals surface area contributed by atoms with Gasteiger partial charge in [-0.15, -0.1) is 11.3 Å². The number of pyridine rings is 1. The molecule has 0 saturated heterocycles. The van der Waals surface area contributed by atoms with E-state index >= 15 is 0 Å². The van der Waals surface area contributed by atoms with Gasteiger partial charge in [-0.05, 0) is 37.4 Å². The third-order valence-corrected chi connectivity index (χ3v) is 4.64. The third-order valence-electron chi connectivity index (χ3n) is 3.59. The predicted molar refractivity (Wildman–Crippen MR) is 92.8 cm³/mol. The fraction of sp³-hybridized carbons (Fsp3) is 0.222. The number of fused-ring (bicyclic) bond motifs is 1. The van der Waals surface area contributed by atoms with Crippen molar-refractivity contribution in [3.8, 4) is 5.75 Å². The zero-order valence-corrected chi connectivity index (χ0v) is 14.2. The molecule has 0 fully saturated rings. The number of aromatic nitrogens is 1. The maximum Gasteiger partial charge on any atom is 0.258 e. The maximum atomic E-state index is 13.9. The summed E-state index contributed by atoms with van der Waals surface area (Å²) in [4.78, 5) is 17.4. The molecule has 0 aliphatic carbocycles. The van der Waals surface area contributed by atoms with E-state index in [4.69, 9.17) is 4.74 Å². The Hall–Kier alpha value is -2.47. The van der Waals surface area contributed by atoms with Crippen LogP contribution in [0.1, 0.15) is 23.5 Å². The summed E-state index contributed by atoms with van der Waals surface area (Å²) in [6, 6.07) is 10.2. The van der Waals surface area contributed by atoms with Crippen LogP contribution in [0.3, 0.4) is 0 Å². The lowest BCUT2D eigenvalue weighted by molar-refractivity contribution is -0.123. The Kier molecular flexibility index (Phi) is 4.76. The average molecular weight is 344 g/mol. The number of benzene rings is 1. The van der Waals surface area contributed by atoms with Gasteiger partial charge in [-0.1, -0.05) is 12.1 Å². The van der Waals surface area contributed by atoms with Crippen LogP contribution < -0.4 is 10.1 Å². The first kappa shape index (κ1) is 16.4. The summed E-state index contributed by atoms with van der Waals surface area (Å²) in [6.07, 6.45) is 0. The number of nitrogens with one attached hydrogen (secondary N) is 1. The Labute approximate surface area is 143 Å². The van der Waals surface area contributed by atoms with Crippen LogP contribution in [0, 0.1) is 12.7 Å². The number of halogens is 1. The van der Waals surface area contributed by atoms with Crippen LogP contribution in [0.25, 0.3) is 10.9 Å². The van der Waals surface area contributed by atoms with Crippen molar-refractivity contribution >= 4 is 28.1 Å². The lowest BCUT2D eigenvalue weighted by atomic mass is 10.2. The highest BCUT2D eigenvalue weighted by Gasteiger charge is 2.13. The Morgan fingerprint density at radius 3 is 2.96 bits per heavy atom. The van der Waals surface area contributed by atoms with Gasteiger partial charge < -0.3 is 10.1 Å². The van der Waals surface area contributed by atoms with E-state index in [1.165, 1.54) is 6.07 Å². The summed E-state index contributed by atoms with van der Waals surface area (Å²) >= 11 is 1.59. The molecule has 2 aromatic heterocycles. The van der Waals surface area contributed by atoms with Crippen LogP contribution in [-0.2, 0) is 4.79 Å². The van der Waals surface area contributed by atoms with Crippen molar-refractivity contribution in [2.24, 2.45) is 0 Å². The van der Waals surface area contributed by atoms with Crippen molar-refractivity contribution in [3.05, 3.63) is 58.2 Å². The van der Waals surface area contributed by atoms with E-state index in [9.17, 15) is 9.18 Å². The molecule has 0 spiro atoms. The Bertz CT molecular complexity index is 865. The van der Waals surface area contributed by atoms with Gasteiger partial charge in [-0.2, -0.15) is 0 Å². The van der Waals surface area contributed by atoms with Gasteiger partial charge >= 0.3 is 0 Å². The summed E-state index contributed by atoms with van der Waals surface area (Å²) < 4.78 is 19.5. The van der Waals surface area contributed by atoms with E-state index in [1.54, 1.807) is 36.5 Å². The van der Waals surface area contributed by atoms with Crippen molar-refractivity contribution in [3.63, 3.8) is 0 Å². The normalized spacial score (nSPS) is 12.1. The van der Waals surface area contributed by atoms with Gasteiger partial charge in [0.15, 0.2) is 6.61 Å². The van der Waals surface area contributed by atoms with E-state index in [2.05, 4.69) is 10.3 Å². The van der Waals surface area contributed by atoms with Gasteiger partial charge in [-0.3, -0.25) is 4.79 Å². The van der Waals surface area contributed by atoms with Crippen molar-refractivity contribution in [1.82, 2.24) is 10.3 Å². The summed E-state index contributed by atoms with van der Waals surface area (Å²) in [7, 11) is 0. The van der Waals surface area contributed by atoms with Gasteiger partial charge in [0.25, 0.3) is 5.91 Å². The van der Waals surface area contributed by atoms with Crippen LogP contribution in [-0.4, -0.2) is 17.5 Å². The molecule has 2 heterocycles. The molecular weight excluding hydrogens is 327 g/mol. The van der Waals surface area contributed by atoms with Gasteiger partial charge in [0, 0.05) is 22.0 Å². The van der Waals surface area contributed by atoms with Crippen molar-refractivity contribution < 1.29 is 13.9 Å². The molecule has 1 amide bonds. The number of ether oxygens (including phenoxy) is 1. The van der Waals surface area contributed by atoms with E-state index < -0.39 is 5.82 Å². The summed E-state index contributed by atoms with van der Waals surface area (Å²) in [5.74, 6) is -0.178. The highest BCUT2D eigenvalue weighted by atomic mass is 32.1. The number of para-hydroxylation sites is 1. The molecule has 3 aromatic rings.